The number of aryl methyl sites for hydroxylation is 1. The van der Waals surface area contributed by atoms with Gasteiger partial charge in [0.15, 0.2) is 17.1 Å². The maximum Gasteiger partial charge on any atom is 0.341 e. The standard InChI is InChI=1S/C26H30Cl2N4O4S2/c1-4-32-23(15(2)36-19-12-11-16(27)13-18(19)28)30-31-26(32)37-14-21(33)29-24-22(25(34)35-3)17-9-7-5-6-8-10-20(17)38-24/h11-13,15H,4-10,14H2,1-3H3,(H,29,33). The first-order valence-corrected chi connectivity index (χ1v) is 15.1. The van der Waals surface area contributed by atoms with E-state index in [-0.39, 0.29) is 11.7 Å². The molecule has 0 saturated carbocycles. The van der Waals surface area contributed by atoms with E-state index in [9.17, 15) is 9.59 Å². The second-order valence-electron chi connectivity index (χ2n) is 8.87. The third-order valence-electron chi connectivity index (χ3n) is 6.27. The number of hydrogen-bond acceptors (Lipinski definition) is 8. The summed E-state index contributed by atoms with van der Waals surface area (Å²) in [7, 11) is 1.37. The topological polar surface area (TPSA) is 95.3 Å². The fourth-order valence-electron chi connectivity index (χ4n) is 4.44. The zero-order valence-electron chi connectivity index (χ0n) is 21.5. The normalized spacial score (nSPS) is 14.2. The third kappa shape index (κ3) is 6.65. The molecule has 1 unspecified atom stereocenters. The fraction of sp³-hybridized carbons (Fsp3) is 0.462. The number of fused-ring (bicyclic) bond motifs is 1. The molecule has 1 N–H and O–H groups in total. The number of nitrogens with zero attached hydrogens (tertiary/aromatic N) is 3. The van der Waals surface area contributed by atoms with Gasteiger partial charge >= 0.3 is 5.97 Å². The van der Waals surface area contributed by atoms with Crippen LogP contribution in [0.25, 0.3) is 0 Å². The molecule has 2 aromatic heterocycles. The van der Waals surface area contributed by atoms with Crippen LogP contribution in [0.3, 0.4) is 0 Å². The summed E-state index contributed by atoms with van der Waals surface area (Å²) in [6.45, 7) is 4.43. The van der Waals surface area contributed by atoms with Crippen LogP contribution < -0.4 is 10.1 Å². The zero-order valence-corrected chi connectivity index (χ0v) is 24.7. The van der Waals surface area contributed by atoms with E-state index in [0.29, 0.717) is 43.9 Å². The second-order valence-corrected chi connectivity index (χ2v) is 11.8. The number of benzene rings is 1. The van der Waals surface area contributed by atoms with Gasteiger partial charge in [-0.05, 0) is 63.3 Å². The Hall–Kier alpha value is -2.27. The van der Waals surface area contributed by atoms with E-state index in [2.05, 4.69) is 15.5 Å². The average Bonchev–Trinajstić information content (AvgIpc) is 3.44. The van der Waals surface area contributed by atoms with Gasteiger partial charge in [0.2, 0.25) is 5.91 Å². The maximum absolute atomic E-state index is 13.0. The quantitative estimate of drug-likeness (QED) is 0.210. The second kappa shape index (κ2) is 13.2. The molecular weight excluding hydrogens is 567 g/mol. The van der Waals surface area contributed by atoms with Crippen molar-refractivity contribution in [2.75, 3.05) is 18.2 Å². The summed E-state index contributed by atoms with van der Waals surface area (Å²) in [6, 6.07) is 5.04. The van der Waals surface area contributed by atoms with Gasteiger partial charge < -0.3 is 19.4 Å². The van der Waals surface area contributed by atoms with Crippen LogP contribution in [0.15, 0.2) is 23.4 Å². The number of ether oxygens (including phenoxy) is 2. The van der Waals surface area contributed by atoms with Gasteiger partial charge in [-0.3, -0.25) is 4.79 Å². The molecule has 38 heavy (non-hydrogen) atoms. The molecule has 8 nitrogen and oxygen atoms in total. The fourth-order valence-corrected chi connectivity index (χ4v) is 6.99. The Bertz CT molecular complexity index is 1310. The van der Waals surface area contributed by atoms with E-state index in [1.54, 1.807) is 18.2 Å². The molecule has 0 fully saturated rings. The number of amides is 1. The minimum absolute atomic E-state index is 0.111. The van der Waals surface area contributed by atoms with Gasteiger partial charge in [0.1, 0.15) is 10.8 Å². The van der Waals surface area contributed by atoms with E-state index >= 15 is 0 Å². The van der Waals surface area contributed by atoms with Gasteiger partial charge in [-0.15, -0.1) is 21.5 Å². The lowest BCUT2D eigenvalue weighted by Gasteiger charge is -2.16. The minimum atomic E-state index is -0.433. The SMILES string of the molecule is CCn1c(SCC(=O)Nc2sc3c(c2C(=O)OC)CCCCCC3)nnc1C(C)Oc1ccc(Cl)cc1Cl. The van der Waals surface area contributed by atoms with Crippen LogP contribution >= 0.6 is 46.3 Å². The van der Waals surface area contributed by atoms with Crippen LogP contribution in [0.1, 0.15) is 72.3 Å². The van der Waals surface area contributed by atoms with Gasteiger partial charge in [-0.1, -0.05) is 47.8 Å². The van der Waals surface area contributed by atoms with Crippen LogP contribution in [0, 0.1) is 0 Å². The number of hydrogen-bond donors (Lipinski definition) is 1. The largest absolute Gasteiger partial charge is 0.481 e. The molecule has 4 rings (SSSR count). The van der Waals surface area contributed by atoms with Crippen molar-refractivity contribution in [3.05, 3.63) is 50.1 Å². The molecule has 2 heterocycles. The van der Waals surface area contributed by atoms with Gasteiger partial charge in [0, 0.05) is 16.4 Å². The van der Waals surface area contributed by atoms with Crippen LogP contribution in [0.5, 0.6) is 5.75 Å². The van der Waals surface area contributed by atoms with Gasteiger partial charge in [0.25, 0.3) is 0 Å². The number of thiophene rings is 1. The summed E-state index contributed by atoms with van der Waals surface area (Å²) in [5, 5.41) is 13.6. The molecule has 204 valence electrons. The number of carbonyl (C=O) groups excluding carboxylic acids is 2. The maximum atomic E-state index is 13.0. The zero-order chi connectivity index (χ0) is 27.2. The minimum Gasteiger partial charge on any atom is -0.481 e. The molecule has 1 atom stereocenters. The first-order valence-electron chi connectivity index (χ1n) is 12.5. The summed E-state index contributed by atoms with van der Waals surface area (Å²) >= 11 is 15.0. The average molecular weight is 598 g/mol. The predicted molar refractivity (Wildman–Crippen MR) is 152 cm³/mol. The highest BCUT2D eigenvalue weighted by atomic mass is 35.5. The number of anilines is 1. The lowest BCUT2D eigenvalue weighted by molar-refractivity contribution is -0.113. The van der Waals surface area contributed by atoms with Crippen LogP contribution in [0.4, 0.5) is 5.00 Å². The number of rotatable bonds is 9. The number of carbonyl (C=O) groups is 2. The molecule has 1 aromatic carbocycles. The van der Waals surface area contributed by atoms with Crippen molar-refractivity contribution >= 4 is 63.2 Å². The Labute approximate surface area is 240 Å². The summed E-state index contributed by atoms with van der Waals surface area (Å²) in [5.74, 6) is 0.594. The molecule has 0 radical (unpaired) electrons. The van der Waals surface area contributed by atoms with E-state index in [4.69, 9.17) is 32.7 Å². The van der Waals surface area contributed by atoms with Crippen LogP contribution in [-0.4, -0.2) is 39.5 Å². The third-order valence-corrected chi connectivity index (χ3v) is 8.97. The summed E-state index contributed by atoms with van der Waals surface area (Å²) < 4.78 is 13.0. The van der Waals surface area contributed by atoms with E-state index in [1.807, 2.05) is 18.4 Å². The molecule has 12 heteroatoms. The molecular formula is C26H30Cl2N4O4S2. The van der Waals surface area contributed by atoms with Crippen molar-refractivity contribution in [2.45, 2.75) is 70.2 Å². The molecule has 0 saturated heterocycles. The van der Waals surface area contributed by atoms with Crippen molar-refractivity contribution in [3.8, 4) is 5.75 Å². The van der Waals surface area contributed by atoms with Crippen molar-refractivity contribution in [1.82, 2.24) is 14.8 Å². The lowest BCUT2D eigenvalue weighted by atomic mass is 9.96. The van der Waals surface area contributed by atoms with Crippen LogP contribution in [-0.2, 0) is 28.9 Å². The highest BCUT2D eigenvalue weighted by Gasteiger charge is 2.26. The van der Waals surface area contributed by atoms with Gasteiger partial charge in [0.05, 0.1) is 23.4 Å². The number of methoxy groups -OCH3 is 1. The number of halogens is 2. The monoisotopic (exact) mass is 596 g/mol. The van der Waals surface area contributed by atoms with E-state index < -0.39 is 12.1 Å². The Balaban J connectivity index is 1.45. The molecule has 0 bridgehead atoms. The first kappa shape index (κ1) is 28.7. The molecule has 1 aliphatic rings. The predicted octanol–water partition coefficient (Wildman–Crippen LogP) is 6.98. The number of thioether (sulfide) groups is 1. The summed E-state index contributed by atoms with van der Waals surface area (Å²) in [5.41, 5.74) is 1.52. The lowest BCUT2D eigenvalue weighted by Crippen LogP contribution is -2.17. The number of aromatic nitrogens is 3. The highest BCUT2D eigenvalue weighted by molar-refractivity contribution is 7.99. The molecule has 1 aliphatic carbocycles. The Morgan fingerprint density at radius 1 is 1.18 bits per heavy atom. The highest BCUT2D eigenvalue weighted by Crippen LogP contribution is 2.38. The molecule has 0 aliphatic heterocycles. The summed E-state index contributed by atoms with van der Waals surface area (Å²) in [6.07, 6.45) is 5.74. The number of nitrogens with one attached hydrogen (secondary N) is 1. The van der Waals surface area contributed by atoms with E-state index in [0.717, 1.165) is 42.5 Å². The number of esters is 1. The van der Waals surface area contributed by atoms with Gasteiger partial charge in [-0.25, -0.2) is 4.79 Å². The smallest absolute Gasteiger partial charge is 0.341 e. The molecule has 3 aromatic rings. The Morgan fingerprint density at radius 3 is 2.66 bits per heavy atom. The van der Waals surface area contributed by atoms with Crippen molar-refractivity contribution in [2.24, 2.45) is 0 Å². The van der Waals surface area contributed by atoms with Crippen molar-refractivity contribution < 1.29 is 19.1 Å². The summed E-state index contributed by atoms with van der Waals surface area (Å²) in [4.78, 5) is 26.7. The molecule has 0 spiro atoms. The van der Waals surface area contributed by atoms with Crippen molar-refractivity contribution in [1.29, 1.82) is 0 Å². The Morgan fingerprint density at radius 2 is 1.95 bits per heavy atom. The van der Waals surface area contributed by atoms with Crippen LogP contribution in [0.2, 0.25) is 10.0 Å². The first-order chi connectivity index (χ1) is 18.3. The van der Waals surface area contributed by atoms with E-state index in [1.165, 1.54) is 36.6 Å². The van der Waals surface area contributed by atoms with Crippen molar-refractivity contribution in [3.63, 3.8) is 0 Å². The van der Waals surface area contributed by atoms with Gasteiger partial charge in [-0.2, -0.15) is 0 Å². The Kier molecular flexibility index (Phi) is 9.97. The molecule has 1 amide bonds.